The van der Waals surface area contributed by atoms with Crippen LogP contribution in [0, 0.1) is 0 Å². The summed E-state index contributed by atoms with van der Waals surface area (Å²) in [6.07, 6.45) is 3.59. The molecule has 0 radical (unpaired) electrons. The van der Waals surface area contributed by atoms with E-state index in [4.69, 9.17) is 9.47 Å². The molecule has 0 saturated carbocycles. The number of fused-ring (bicyclic) bond motifs is 1. The molecule has 4 rings (SSSR count). The SMILES string of the molecule is CN(Cc1ccc2c(c1)OCCO2)C(=O)c1ccc(-n2cc(Br)cn2)cc1. The number of aromatic nitrogens is 2. The van der Waals surface area contributed by atoms with Crippen molar-refractivity contribution in [3.63, 3.8) is 0 Å². The molecule has 0 saturated heterocycles. The molecule has 6 nitrogen and oxygen atoms in total. The summed E-state index contributed by atoms with van der Waals surface area (Å²) in [5, 5.41) is 4.24. The van der Waals surface area contributed by atoms with Gasteiger partial charge in [-0.15, -0.1) is 0 Å². The number of carbonyl (C=O) groups is 1. The Morgan fingerprint density at radius 3 is 2.59 bits per heavy atom. The molecule has 0 unspecified atom stereocenters. The first-order valence-corrected chi connectivity index (χ1v) is 9.34. The van der Waals surface area contributed by atoms with Crippen LogP contribution in [0.2, 0.25) is 0 Å². The minimum absolute atomic E-state index is 0.0434. The van der Waals surface area contributed by atoms with E-state index in [2.05, 4.69) is 21.0 Å². The molecule has 0 atom stereocenters. The van der Waals surface area contributed by atoms with Crippen LogP contribution in [0.5, 0.6) is 11.5 Å². The van der Waals surface area contributed by atoms with Gasteiger partial charge in [-0.1, -0.05) is 6.07 Å². The monoisotopic (exact) mass is 427 g/mol. The number of halogens is 1. The molecule has 0 aliphatic carbocycles. The molecule has 7 heteroatoms. The average molecular weight is 428 g/mol. The summed E-state index contributed by atoms with van der Waals surface area (Å²) in [5.41, 5.74) is 2.52. The first-order chi connectivity index (χ1) is 13.1. The second-order valence-corrected chi connectivity index (χ2v) is 7.20. The summed E-state index contributed by atoms with van der Waals surface area (Å²) in [4.78, 5) is 14.4. The van der Waals surface area contributed by atoms with E-state index in [9.17, 15) is 4.79 Å². The first kappa shape index (κ1) is 17.6. The highest BCUT2D eigenvalue weighted by molar-refractivity contribution is 9.10. The molecule has 0 bridgehead atoms. The van der Waals surface area contributed by atoms with Crippen molar-refractivity contribution in [2.24, 2.45) is 0 Å². The first-order valence-electron chi connectivity index (χ1n) is 8.55. The predicted molar refractivity (Wildman–Crippen MR) is 104 cm³/mol. The highest BCUT2D eigenvalue weighted by Gasteiger charge is 2.15. The lowest BCUT2D eigenvalue weighted by atomic mass is 10.1. The van der Waals surface area contributed by atoms with Gasteiger partial charge in [-0.05, 0) is 57.9 Å². The van der Waals surface area contributed by atoms with Crippen LogP contribution >= 0.6 is 15.9 Å². The van der Waals surface area contributed by atoms with Gasteiger partial charge in [0.15, 0.2) is 11.5 Å². The van der Waals surface area contributed by atoms with Crippen LogP contribution in [0.25, 0.3) is 5.69 Å². The molecule has 0 fully saturated rings. The molecule has 27 heavy (non-hydrogen) atoms. The van der Waals surface area contributed by atoms with E-state index in [1.165, 1.54) is 0 Å². The normalized spacial score (nSPS) is 12.7. The number of hydrogen-bond acceptors (Lipinski definition) is 4. The minimum atomic E-state index is -0.0434. The molecule has 2 heterocycles. The Morgan fingerprint density at radius 1 is 1.15 bits per heavy atom. The number of amides is 1. The molecule has 1 amide bonds. The van der Waals surface area contributed by atoms with E-state index in [0.29, 0.717) is 25.3 Å². The maximum absolute atomic E-state index is 12.7. The van der Waals surface area contributed by atoms with E-state index in [1.807, 2.05) is 48.7 Å². The fourth-order valence-corrected chi connectivity index (χ4v) is 3.24. The van der Waals surface area contributed by atoms with Crippen LogP contribution in [0.3, 0.4) is 0 Å². The maximum Gasteiger partial charge on any atom is 0.253 e. The van der Waals surface area contributed by atoms with Gasteiger partial charge in [-0.3, -0.25) is 4.79 Å². The Bertz CT molecular complexity index is 969. The van der Waals surface area contributed by atoms with Crippen molar-refractivity contribution >= 4 is 21.8 Å². The average Bonchev–Trinajstić information content (AvgIpc) is 3.14. The third-order valence-electron chi connectivity index (χ3n) is 4.30. The number of nitrogens with zero attached hydrogens (tertiary/aromatic N) is 3. The third-order valence-corrected chi connectivity index (χ3v) is 4.71. The van der Waals surface area contributed by atoms with Gasteiger partial charge < -0.3 is 14.4 Å². The number of carbonyl (C=O) groups excluding carboxylic acids is 1. The fraction of sp³-hybridized carbons (Fsp3) is 0.200. The fourth-order valence-electron chi connectivity index (χ4n) is 2.95. The third kappa shape index (κ3) is 3.83. The molecule has 1 aromatic heterocycles. The molecular weight excluding hydrogens is 410 g/mol. The number of ether oxygens (including phenoxy) is 2. The van der Waals surface area contributed by atoms with Crippen molar-refractivity contribution in [2.75, 3.05) is 20.3 Å². The summed E-state index contributed by atoms with van der Waals surface area (Å²) < 4.78 is 13.8. The zero-order valence-corrected chi connectivity index (χ0v) is 16.3. The summed E-state index contributed by atoms with van der Waals surface area (Å²) in [6.45, 7) is 1.60. The molecule has 3 aromatic rings. The Balaban J connectivity index is 1.46. The lowest BCUT2D eigenvalue weighted by Crippen LogP contribution is -2.26. The smallest absolute Gasteiger partial charge is 0.253 e. The minimum Gasteiger partial charge on any atom is -0.486 e. The van der Waals surface area contributed by atoms with Gasteiger partial charge in [0.05, 0.1) is 16.4 Å². The summed E-state index contributed by atoms with van der Waals surface area (Å²) >= 11 is 3.38. The summed E-state index contributed by atoms with van der Waals surface area (Å²) in [7, 11) is 1.79. The van der Waals surface area contributed by atoms with E-state index >= 15 is 0 Å². The molecule has 1 aliphatic heterocycles. The van der Waals surface area contributed by atoms with Crippen molar-refractivity contribution < 1.29 is 14.3 Å². The van der Waals surface area contributed by atoms with Gasteiger partial charge in [0, 0.05) is 25.4 Å². The zero-order valence-electron chi connectivity index (χ0n) is 14.8. The number of benzene rings is 2. The lowest BCUT2D eigenvalue weighted by molar-refractivity contribution is 0.0785. The second kappa shape index (κ2) is 7.44. The summed E-state index contributed by atoms with van der Waals surface area (Å²) in [6, 6.07) is 13.2. The largest absolute Gasteiger partial charge is 0.486 e. The van der Waals surface area contributed by atoms with E-state index in [1.54, 1.807) is 22.8 Å². The standard InChI is InChI=1S/C20H18BrN3O3/c1-23(12-14-2-7-18-19(10-14)27-9-8-26-18)20(25)15-3-5-17(6-4-15)24-13-16(21)11-22-24/h2-7,10-11,13H,8-9,12H2,1H3. The van der Waals surface area contributed by atoms with E-state index in [-0.39, 0.29) is 5.91 Å². The Hall–Kier alpha value is -2.80. The van der Waals surface area contributed by atoms with Crippen molar-refractivity contribution in [1.82, 2.24) is 14.7 Å². The summed E-state index contributed by atoms with van der Waals surface area (Å²) in [5.74, 6) is 1.44. The number of rotatable bonds is 4. The van der Waals surface area contributed by atoms with Crippen LogP contribution in [0.15, 0.2) is 59.3 Å². The van der Waals surface area contributed by atoms with Crippen molar-refractivity contribution in [2.45, 2.75) is 6.54 Å². The van der Waals surface area contributed by atoms with Crippen molar-refractivity contribution in [3.8, 4) is 17.2 Å². The number of hydrogen-bond donors (Lipinski definition) is 0. The lowest BCUT2D eigenvalue weighted by Gasteiger charge is -2.21. The van der Waals surface area contributed by atoms with Crippen LogP contribution in [0.4, 0.5) is 0 Å². The van der Waals surface area contributed by atoms with Crippen LogP contribution in [0.1, 0.15) is 15.9 Å². The van der Waals surface area contributed by atoms with Crippen LogP contribution < -0.4 is 9.47 Å². The molecular formula is C20H18BrN3O3. The van der Waals surface area contributed by atoms with Crippen molar-refractivity contribution in [1.29, 1.82) is 0 Å². The Kier molecular flexibility index (Phi) is 4.85. The molecule has 0 N–H and O–H groups in total. The second-order valence-electron chi connectivity index (χ2n) is 6.29. The van der Waals surface area contributed by atoms with Gasteiger partial charge in [0.25, 0.3) is 5.91 Å². The molecule has 138 valence electrons. The van der Waals surface area contributed by atoms with Gasteiger partial charge in [0.2, 0.25) is 0 Å². The van der Waals surface area contributed by atoms with Crippen LogP contribution in [-0.4, -0.2) is 40.8 Å². The highest BCUT2D eigenvalue weighted by Crippen LogP contribution is 2.31. The quantitative estimate of drug-likeness (QED) is 0.637. The van der Waals surface area contributed by atoms with Crippen molar-refractivity contribution in [3.05, 3.63) is 70.5 Å². The van der Waals surface area contributed by atoms with Crippen LogP contribution in [-0.2, 0) is 6.54 Å². The van der Waals surface area contributed by atoms with E-state index < -0.39 is 0 Å². The maximum atomic E-state index is 12.7. The van der Waals surface area contributed by atoms with Gasteiger partial charge in [-0.2, -0.15) is 5.10 Å². The molecule has 1 aliphatic rings. The van der Waals surface area contributed by atoms with Gasteiger partial charge in [0.1, 0.15) is 13.2 Å². The van der Waals surface area contributed by atoms with Gasteiger partial charge in [-0.25, -0.2) is 4.68 Å². The highest BCUT2D eigenvalue weighted by atomic mass is 79.9. The Labute approximate surface area is 165 Å². The topological polar surface area (TPSA) is 56.6 Å². The molecule has 2 aromatic carbocycles. The zero-order chi connectivity index (χ0) is 18.8. The Morgan fingerprint density at radius 2 is 1.89 bits per heavy atom. The molecule has 0 spiro atoms. The van der Waals surface area contributed by atoms with E-state index in [0.717, 1.165) is 27.2 Å². The predicted octanol–water partition coefficient (Wildman–Crippen LogP) is 3.68. The van der Waals surface area contributed by atoms with Gasteiger partial charge >= 0.3 is 0 Å².